The van der Waals surface area contributed by atoms with Crippen molar-refractivity contribution in [1.82, 2.24) is 40.6 Å². The Morgan fingerprint density at radius 2 is 1.55 bits per heavy atom. The van der Waals surface area contributed by atoms with Gasteiger partial charge < -0.3 is 15.1 Å². The molecule has 3 aromatic carbocycles. The summed E-state index contributed by atoms with van der Waals surface area (Å²) < 4.78 is 0. The molecule has 0 bridgehead atoms. The van der Waals surface area contributed by atoms with Crippen molar-refractivity contribution in [3.05, 3.63) is 100 Å². The molecule has 1 fully saturated rings. The van der Waals surface area contributed by atoms with Crippen LogP contribution in [0.25, 0.3) is 0 Å². The molecule has 3 N–H and O–H groups in total. The van der Waals surface area contributed by atoms with Crippen molar-refractivity contribution in [2.24, 2.45) is 5.10 Å². The molecule has 0 spiro atoms. The Labute approximate surface area is 254 Å². The predicted octanol–water partition coefficient (Wildman–Crippen LogP) is 4.05. The van der Waals surface area contributed by atoms with Gasteiger partial charge in [0.25, 0.3) is 0 Å². The van der Waals surface area contributed by atoms with Crippen LogP contribution in [0.5, 0.6) is 11.5 Å². The molecule has 3 heterocycles. The number of aryl methyl sites for hydroxylation is 2. The molecular weight excluding hydrogens is 558 g/mol. The minimum absolute atomic E-state index is 0.106. The van der Waals surface area contributed by atoms with Crippen molar-refractivity contribution < 1.29 is 10.2 Å². The maximum Gasteiger partial charge on any atom is 0.173 e. The van der Waals surface area contributed by atoms with Gasteiger partial charge in [0.15, 0.2) is 11.6 Å². The molecule has 13 heteroatoms. The summed E-state index contributed by atoms with van der Waals surface area (Å²) in [6.07, 6.45) is 5.20. The normalized spacial score (nSPS) is 15.0. The monoisotopic (exact) mass is 593 g/mol. The number of nitrogens with zero attached hydrogens (tertiary/aromatic N) is 10. The average Bonchev–Trinajstić information content (AvgIpc) is 3.65. The van der Waals surface area contributed by atoms with E-state index in [9.17, 15) is 10.2 Å². The number of phenolic OH excluding ortho intramolecular Hbond substituents is 2. The van der Waals surface area contributed by atoms with Gasteiger partial charge in [-0.05, 0) is 120 Å². The van der Waals surface area contributed by atoms with E-state index in [1.807, 2.05) is 44.2 Å². The lowest BCUT2D eigenvalue weighted by molar-refractivity contribution is 0.458. The maximum absolute atomic E-state index is 11.3. The number of hydrogen-bond donors (Lipinski definition) is 3. The van der Waals surface area contributed by atoms with Crippen LogP contribution in [0.3, 0.4) is 0 Å². The third kappa shape index (κ3) is 6.07. The lowest BCUT2D eigenvalue weighted by Gasteiger charge is -2.30. The third-order valence-electron chi connectivity index (χ3n) is 8.01. The zero-order valence-electron chi connectivity index (χ0n) is 24.9. The number of benzene rings is 3. The molecule has 2 atom stereocenters. The highest BCUT2D eigenvalue weighted by molar-refractivity contribution is 5.80. The predicted molar refractivity (Wildman–Crippen MR) is 166 cm³/mol. The molecule has 1 aliphatic rings. The zero-order valence-corrected chi connectivity index (χ0v) is 24.9. The van der Waals surface area contributed by atoms with Crippen LogP contribution in [-0.2, 0) is 0 Å². The molecule has 0 amide bonds. The SMILES string of the molecule is Cc1nnnn1/N=C/c1ccc(O)c(C(c2cccc(N3CCCCC3)c2)c2cc(C(C)Nn3nnnc3C)ccc2O)c1. The quantitative estimate of drug-likeness (QED) is 0.168. The van der Waals surface area contributed by atoms with Crippen LogP contribution < -0.4 is 10.3 Å². The first-order valence-electron chi connectivity index (χ1n) is 14.7. The minimum atomic E-state index is -0.496. The van der Waals surface area contributed by atoms with Crippen molar-refractivity contribution in [1.29, 1.82) is 0 Å². The van der Waals surface area contributed by atoms with Gasteiger partial charge in [0.2, 0.25) is 0 Å². The van der Waals surface area contributed by atoms with Crippen LogP contribution in [-0.4, -0.2) is 70.1 Å². The van der Waals surface area contributed by atoms with Gasteiger partial charge in [-0.15, -0.1) is 19.8 Å². The number of hydrogen-bond acceptors (Lipinski definition) is 11. The van der Waals surface area contributed by atoms with Gasteiger partial charge >= 0.3 is 0 Å². The summed E-state index contributed by atoms with van der Waals surface area (Å²) in [5.41, 5.74) is 8.29. The summed E-state index contributed by atoms with van der Waals surface area (Å²) in [6.45, 7) is 7.58. The van der Waals surface area contributed by atoms with Crippen molar-refractivity contribution in [3.8, 4) is 11.5 Å². The van der Waals surface area contributed by atoms with Gasteiger partial charge in [-0.3, -0.25) is 5.43 Å². The highest BCUT2D eigenvalue weighted by Crippen LogP contribution is 2.42. The van der Waals surface area contributed by atoms with E-state index >= 15 is 0 Å². The molecule has 0 radical (unpaired) electrons. The van der Waals surface area contributed by atoms with Crippen LogP contribution in [0.4, 0.5) is 5.69 Å². The molecule has 2 unspecified atom stereocenters. The number of phenols is 2. The summed E-state index contributed by atoms with van der Waals surface area (Å²) in [5.74, 6) is 0.910. The molecule has 6 rings (SSSR count). The van der Waals surface area contributed by atoms with E-state index < -0.39 is 5.92 Å². The summed E-state index contributed by atoms with van der Waals surface area (Å²) >= 11 is 0. The van der Waals surface area contributed by atoms with E-state index in [1.165, 1.54) is 16.0 Å². The Bertz CT molecular complexity index is 1770. The van der Waals surface area contributed by atoms with Gasteiger partial charge in [0, 0.05) is 35.8 Å². The van der Waals surface area contributed by atoms with Gasteiger partial charge in [-0.25, -0.2) is 0 Å². The van der Waals surface area contributed by atoms with Crippen molar-refractivity contribution in [3.63, 3.8) is 0 Å². The summed E-state index contributed by atoms with van der Waals surface area (Å²) in [6, 6.07) is 19.0. The van der Waals surface area contributed by atoms with Crippen LogP contribution >= 0.6 is 0 Å². The van der Waals surface area contributed by atoms with Gasteiger partial charge in [-0.2, -0.15) is 5.10 Å². The van der Waals surface area contributed by atoms with E-state index in [0.717, 1.165) is 48.3 Å². The Hall–Kier alpha value is -5.33. The number of tetrazole rings is 2. The number of piperidine rings is 1. The second-order valence-corrected chi connectivity index (χ2v) is 11.1. The summed E-state index contributed by atoms with van der Waals surface area (Å²) in [7, 11) is 0. The molecule has 0 aliphatic carbocycles. The first kappa shape index (κ1) is 28.8. The van der Waals surface area contributed by atoms with Crippen molar-refractivity contribution in [2.75, 3.05) is 23.4 Å². The zero-order chi connectivity index (χ0) is 30.6. The fourth-order valence-corrected chi connectivity index (χ4v) is 5.60. The lowest BCUT2D eigenvalue weighted by Crippen LogP contribution is -2.29. The fraction of sp³-hybridized carbons (Fsp3) is 0.323. The molecule has 1 saturated heterocycles. The third-order valence-corrected chi connectivity index (χ3v) is 8.01. The standard InChI is InChI=1S/C31H35N11O2/c1-20(35-42-22(3)34-37-39-42)24-11-13-30(44)28(18-24)31(25-8-7-9-26(17-25)40-14-5-4-6-15-40)27-16-23(10-12-29(27)43)19-32-41-21(2)33-36-38-41/h7-13,16-20,31,35,43-44H,4-6,14-15H2,1-3H3/b32-19+. The maximum atomic E-state index is 11.3. The molecule has 1 aliphatic heterocycles. The molecule has 13 nitrogen and oxygen atoms in total. The Balaban J connectivity index is 1.45. The van der Waals surface area contributed by atoms with Gasteiger partial charge in [-0.1, -0.05) is 18.2 Å². The molecule has 0 saturated carbocycles. The molecular formula is C31H35N11O2. The Morgan fingerprint density at radius 1 is 0.818 bits per heavy atom. The first-order chi connectivity index (χ1) is 21.4. The largest absolute Gasteiger partial charge is 0.508 e. The highest BCUT2D eigenvalue weighted by Gasteiger charge is 2.26. The van der Waals surface area contributed by atoms with Crippen molar-refractivity contribution >= 4 is 11.9 Å². The average molecular weight is 594 g/mol. The number of aromatic nitrogens is 8. The molecule has 2 aromatic heterocycles. The Kier molecular flexibility index (Phi) is 8.17. The highest BCUT2D eigenvalue weighted by atomic mass is 16.3. The van der Waals surface area contributed by atoms with E-state index in [4.69, 9.17) is 0 Å². The number of aromatic hydroxyl groups is 2. The minimum Gasteiger partial charge on any atom is -0.508 e. The van der Waals surface area contributed by atoms with Crippen molar-refractivity contribution in [2.45, 2.75) is 52.0 Å². The number of rotatable bonds is 9. The van der Waals surface area contributed by atoms with E-state index in [-0.39, 0.29) is 17.5 Å². The van der Waals surface area contributed by atoms with E-state index in [1.54, 1.807) is 31.3 Å². The van der Waals surface area contributed by atoms with Gasteiger partial charge in [0.1, 0.15) is 11.5 Å². The number of nitrogens with one attached hydrogen (secondary N) is 1. The Morgan fingerprint density at radius 3 is 2.27 bits per heavy atom. The molecule has 226 valence electrons. The second-order valence-electron chi connectivity index (χ2n) is 11.1. The smallest absolute Gasteiger partial charge is 0.173 e. The second kappa shape index (κ2) is 12.5. The topological polar surface area (TPSA) is 155 Å². The van der Waals surface area contributed by atoms with E-state index in [2.05, 4.69) is 58.6 Å². The lowest BCUT2D eigenvalue weighted by atomic mass is 9.82. The van der Waals surface area contributed by atoms with Gasteiger partial charge in [0.05, 0.1) is 12.3 Å². The molecule has 44 heavy (non-hydrogen) atoms. The number of anilines is 1. The summed E-state index contributed by atoms with van der Waals surface area (Å²) in [5, 5.41) is 50.1. The van der Waals surface area contributed by atoms with Crippen LogP contribution in [0, 0.1) is 13.8 Å². The first-order valence-corrected chi connectivity index (χ1v) is 14.7. The van der Waals surface area contributed by atoms with Crippen LogP contribution in [0.15, 0.2) is 65.8 Å². The fourth-order valence-electron chi connectivity index (χ4n) is 5.60. The molecule has 5 aromatic rings. The van der Waals surface area contributed by atoms with Crippen LogP contribution in [0.2, 0.25) is 0 Å². The summed E-state index contributed by atoms with van der Waals surface area (Å²) in [4.78, 5) is 5.26. The van der Waals surface area contributed by atoms with E-state index in [0.29, 0.717) is 22.8 Å². The van der Waals surface area contributed by atoms with Crippen LogP contribution in [0.1, 0.15) is 77.6 Å².